The second kappa shape index (κ2) is 10.6. The van der Waals surface area contributed by atoms with Gasteiger partial charge in [0.2, 0.25) is 11.8 Å². The molecule has 1 aromatic carbocycles. The average Bonchev–Trinajstić information content (AvgIpc) is 3.16. The first kappa shape index (κ1) is 21.6. The van der Waals surface area contributed by atoms with Crippen LogP contribution in [0.25, 0.3) is 0 Å². The van der Waals surface area contributed by atoms with Crippen molar-refractivity contribution in [2.24, 2.45) is 0 Å². The van der Waals surface area contributed by atoms with Crippen molar-refractivity contribution in [3.05, 3.63) is 57.8 Å². The molecule has 0 radical (unpaired) electrons. The summed E-state index contributed by atoms with van der Waals surface area (Å²) in [5.41, 5.74) is 2.33. The summed E-state index contributed by atoms with van der Waals surface area (Å²) in [4.78, 5) is 31.0. The normalized spacial score (nSPS) is 14.6. The third-order valence-electron chi connectivity index (χ3n) is 5.82. The molecule has 3 rings (SSSR count). The monoisotopic (exact) mass is 412 g/mol. The Balaban J connectivity index is 1.77. The zero-order valence-corrected chi connectivity index (χ0v) is 18.4. The molecule has 0 aliphatic heterocycles. The number of hydrogen-bond acceptors (Lipinski definition) is 3. The maximum atomic E-state index is 13.4. The van der Waals surface area contributed by atoms with Crippen molar-refractivity contribution in [2.45, 2.75) is 71.5 Å². The van der Waals surface area contributed by atoms with Gasteiger partial charge < -0.3 is 9.80 Å². The first-order valence-electron chi connectivity index (χ1n) is 10.7. The van der Waals surface area contributed by atoms with Crippen LogP contribution in [-0.2, 0) is 22.7 Å². The molecule has 1 fully saturated rings. The van der Waals surface area contributed by atoms with E-state index in [0.717, 1.165) is 31.2 Å². The highest BCUT2D eigenvalue weighted by atomic mass is 32.1. The van der Waals surface area contributed by atoms with Crippen LogP contribution >= 0.6 is 11.3 Å². The number of nitrogens with zero attached hydrogens (tertiary/aromatic N) is 2. The second-order valence-electron chi connectivity index (χ2n) is 7.93. The lowest BCUT2D eigenvalue weighted by atomic mass is 9.94. The molecule has 5 heteroatoms. The van der Waals surface area contributed by atoms with Crippen LogP contribution in [0.1, 0.15) is 61.5 Å². The molecule has 0 spiro atoms. The summed E-state index contributed by atoms with van der Waals surface area (Å²) in [5.74, 6) is 0.131. The smallest absolute Gasteiger partial charge is 0.242 e. The van der Waals surface area contributed by atoms with Gasteiger partial charge in [-0.3, -0.25) is 9.59 Å². The van der Waals surface area contributed by atoms with Crippen molar-refractivity contribution in [3.8, 4) is 0 Å². The Morgan fingerprint density at radius 2 is 1.72 bits per heavy atom. The van der Waals surface area contributed by atoms with Gasteiger partial charge in [-0.1, -0.05) is 56.5 Å². The molecule has 1 heterocycles. The number of thiophene rings is 1. The quantitative estimate of drug-likeness (QED) is 0.601. The predicted molar refractivity (Wildman–Crippen MR) is 119 cm³/mol. The molecular weight excluding hydrogens is 380 g/mol. The van der Waals surface area contributed by atoms with E-state index in [-0.39, 0.29) is 24.4 Å². The van der Waals surface area contributed by atoms with Crippen molar-refractivity contribution in [1.82, 2.24) is 9.80 Å². The molecule has 0 atom stereocenters. The summed E-state index contributed by atoms with van der Waals surface area (Å²) >= 11 is 1.69. The van der Waals surface area contributed by atoms with E-state index >= 15 is 0 Å². The maximum absolute atomic E-state index is 13.4. The summed E-state index contributed by atoms with van der Waals surface area (Å²) < 4.78 is 0. The topological polar surface area (TPSA) is 40.6 Å². The van der Waals surface area contributed by atoms with Crippen LogP contribution in [0.15, 0.2) is 41.8 Å². The Kier molecular flexibility index (Phi) is 7.87. The van der Waals surface area contributed by atoms with E-state index in [1.807, 2.05) is 34.9 Å². The largest absolute Gasteiger partial charge is 0.332 e. The predicted octanol–water partition coefficient (Wildman–Crippen LogP) is 5.16. The summed E-state index contributed by atoms with van der Waals surface area (Å²) in [6.07, 6.45) is 6.01. The SMILES string of the molecule is CCC(=O)N(CC(=O)N(Cc1ccccc1)Cc1sccc1C)C1CCCCC1. The lowest BCUT2D eigenvalue weighted by molar-refractivity contribution is -0.143. The minimum atomic E-state index is 0.0361. The number of carbonyl (C=O) groups is 2. The molecule has 156 valence electrons. The van der Waals surface area contributed by atoms with E-state index < -0.39 is 0 Å². The number of aryl methyl sites for hydroxylation is 1. The fourth-order valence-corrected chi connectivity index (χ4v) is 4.96. The number of rotatable bonds is 8. The summed E-state index contributed by atoms with van der Waals surface area (Å²) in [6.45, 7) is 5.33. The molecule has 1 aromatic heterocycles. The zero-order chi connectivity index (χ0) is 20.6. The average molecular weight is 413 g/mol. The first-order chi connectivity index (χ1) is 14.1. The van der Waals surface area contributed by atoms with Gasteiger partial charge in [-0.15, -0.1) is 11.3 Å². The molecular formula is C24H32N2O2S. The van der Waals surface area contributed by atoms with E-state index in [0.29, 0.717) is 19.5 Å². The van der Waals surface area contributed by atoms with Gasteiger partial charge in [-0.25, -0.2) is 0 Å². The van der Waals surface area contributed by atoms with E-state index in [4.69, 9.17) is 0 Å². The van der Waals surface area contributed by atoms with Gasteiger partial charge in [0, 0.05) is 23.9 Å². The van der Waals surface area contributed by atoms with Gasteiger partial charge in [0.15, 0.2) is 0 Å². The van der Waals surface area contributed by atoms with Gasteiger partial charge >= 0.3 is 0 Å². The summed E-state index contributed by atoms with van der Waals surface area (Å²) in [7, 11) is 0. The Labute approximate surface area is 178 Å². The number of carbonyl (C=O) groups excluding carboxylic acids is 2. The van der Waals surface area contributed by atoms with Crippen LogP contribution in [0, 0.1) is 6.92 Å². The molecule has 29 heavy (non-hydrogen) atoms. The molecule has 1 aliphatic carbocycles. The van der Waals surface area contributed by atoms with Crippen molar-refractivity contribution in [1.29, 1.82) is 0 Å². The van der Waals surface area contributed by atoms with Crippen LogP contribution in [0.4, 0.5) is 0 Å². The first-order valence-corrected chi connectivity index (χ1v) is 11.6. The summed E-state index contributed by atoms with van der Waals surface area (Å²) in [6, 6.07) is 12.4. The highest BCUT2D eigenvalue weighted by molar-refractivity contribution is 7.10. The lowest BCUT2D eigenvalue weighted by Crippen LogP contribution is -2.47. The fraction of sp³-hybridized carbons (Fsp3) is 0.500. The second-order valence-corrected chi connectivity index (χ2v) is 8.93. The molecule has 0 saturated heterocycles. The van der Waals surface area contributed by atoms with Crippen LogP contribution in [0.5, 0.6) is 0 Å². The number of amides is 2. The molecule has 1 aliphatic rings. The Hall–Kier alpha value is -2.14. The number of hydrogen-bond donors (Lipinski definition) is 0. The summed E-state index contributed by atoms with van der Waals surface area (Å²) in [5, 5.41) is 2.07. The molecule has 0 N–H and O–H groups in total. The molecule has 4 nitrogen and oxygen atoms in total. The van der Waals surface area contributed by atoms with Gasteiger partial charge in [0.1, 0.15) is 6.54 Å². The van der Waals surface area contributed by atoms with E-state index in [1.54, 1.807) is 11.3 Å². The van der Waals surface area contributed by atoms with Crippen molar-refractivity contribution in [3.63, 3.8) is 0 Å². The molecule has 0 bridgehead atoms. The highest BCUT2D eigenvalue weighted by Crippen LogP contribution is 2.24. The maximum Gasteiger partial charge on any atom is 0.242 e. The molecule has 0 unspecified atom stereocenters. The Morgan fingerprint density at radius 3 is 2.34 bits per heavy atom. The Morgan fingerprint density at radius 1 is 1.00 bits per heavy atom. The zero-order valence-electron chi connectivity index (χ0n) is 17.6. The standard InChI is InChI=1S/C24H32N2O2S/c1-3-23(27)26(21-12-8-5-9-13-21)18-24(28)25(16-20-10-6-4-7-11-20)17-22-19(2)14-15-29-22/h4,6-7,10-11,14-15,21H,3,5,8-9,12-13,16-18H2,1-2H3. The van der Waals surface area contributed by atoms with Crippen LogP contribution < -0.4 is 0 Å². The van der Waals surface area contributed by atoms with Crippen LogP contribution in [0.2, 0.25) is 0 Å². The van der Waals surface area contributed by atoms with Gasteiger partial charge in [-0.2, -0.15) is 0 Å². The van der Waals surface area contributed by atoms with E-state index in [1.165, 1.54) is 16.9 Å². The van der Waals surface area contributed by atoms with Crippen LogP contribution in [-0.4, -0.2) is 34.2 Å². The minimum absolute atomic E-state index is 0.0361. The van der Waals surface area contributed by atoms with Crippen molar-refractivity contribution < 1.29 is 9.59 Å². The number of benzene rings is 1. The third-order valence-corrected chi connectivity index (χ3v) is 6.82. The van der Waals surface area contributed by atoms with Gasteiger partial charge in [-0.05, 0) is 42.3 Å². The molecule has 1 saturated carbocycles. The molecule has 2 aromatic rings. The third kappa shape index (κ3) is 5.92. The minimum Gasteiger partial charge on any atom is -0.332 e. The highest BCUT2D eigenvalue weighted by Gasteiger charge is 2.28. The molecule has 2 amide bonds. The van der Waals surface area contributed by atoms with Gasteiger partial charge in [0.25, 0.3) is 0 Å². The van der Waals surface area contributed by atoms with Crippen molar-refractivity contribution >= 4 is 23.2 Å². The Bertz CT molecular complexity index is 796. The van der Waals surface area contributed by atoms with E-state index in [9.17, 15) is 9.59 Å². The van der Waals surface area contributed by atoms with Crippen LogP contribution in [0.3, 0.4) is 0 Å². The van der Waals surface area contributed by atoms with Gasteiger partial charge in [0.05, 0.1) is 6.54 Å². The van der Waals surface area contributed by atoms with E-state index in [2.05, 4.69) is 30.5 Å². The van der Waals surface area contributed by atoms with Crippen molar-refractivity contribution in [2.75, 3.05) is 6.54 Å². The fourth-order valence-electron chi connectivity index (χ4n) is 4.04. The lowest BCUT2D eigenvalue weighted by Gasteiger charge is -2.35.